The molecule has 150 valence electrons. The molecular weight excluding hydrogens is 433 g/mol. The first-order valence-electron chi connectivity index (χ1n) is 8.56. The molecule has 0 aliphatic carbocycles. The van der Waals surface area contributed by atoms with E-state index in [0.717, 1.165) is 11.1 Å². The Hall–Kier alpha value is -2.61. The van der Waals surface area contributed by atoms with E-state index in [1.165, 1.54) is 12.1 Å². The first kappa shape index (κ1) is 21.1. The Kier molecular flexibility index (Phi) is 6.74. The van der Waals surface area contributed by atoms with Crippen molar-refractivity contribution in [3.8, 4) is 0 Å². The number of hydrogen-bond donors (Lipinski definition) is 2. The SMILES string of the molecule is O=C(Cc1ccc(NS(=O)(=O)c2c(Cl)cccc2Cl)cc1)NCc1cccnc1. The molecule has 0 unspecified atom stereocenters. The van der Waals surface area contributed by atoms with Gasteiger partial charge in [0, 0.05) is 24.6 Å². The van der Waals surface area contributed by atoms with Crippen molar-refractivity contribution >= 4 is 44.8 Å². The van der Waals surface area contributed by atoms with Gasteiger partial charge in [0.25, 0.3) is 10.0 Å². The van der Waals surface area contributed by atoms with Gasteiger partial charge >= 0.3 is 0 Å². The number of rotatable bonds is 7. The van der Waals surface area contributed by atoms with Crippen molar-refractivity contribution in [2.24, 2.45) is 0 Å². The molecule has 0 bridgehead atoms. The first-order valence-corrected chi connectivity index (χ1v) is 10.8. The van der Waals surface area contributed by atoms with Crippen LogP contribution in [0.1, 0.15) is 11.1 Å². The van der Waals surface area contributed by atoms with Gasteiger partial charge in [-0.25, -0.2) is 8.42 Å². The van der Waals surface area contributed by atoms with E-state index in [2.05, 4.69) is 15.0 Å². The van der Waals surface area contributed by atoms with E-state index in [4.69, 9.17) is 23.2 Å². The Bertz CT molecular complexity index is 1090. The molecule has 0 saturated carbocycles. The zero-order chi connectivity index (χ0) is 20.9. The van der Waals surface area contributed by atoms with Gasteiger partial charge in [-0.2, -0.15) is 0 Å². The summed E-state index contributed by atoms with van der Waals surface area (Å²) in [4.78, 5) is 15.9. The Balaban J connectivity index is 1.62. The van der Waals surface area contributed by atoms with E-state index >= 15 is 0 Å². The Morgan fingerprint density at radius 1 is 0.931 bits per heavy atom. The van der Waals surface area contributed by atoms with Crippen LogP contribution in [-0.2, 0) is 27.8 Å². The van der Waals surface area contributed by atoms with E-state index in [-0.39, 0.29) is 27.3 Å². The molecule has 0 aliphatic rings. The summed E-state index contributed by atoms with van der Waals surface area (Å²) in [5, 5.41) is 2.88. The summed E-state index contributed by atoms with van der Waals surface area (Å²) in [6.07, 6.45) is 3.52. The molecule has 29 heavy (non-hydrogen) atoms. The minimum atomic E-state index is -3.95. The first-order chi connectivity index (χ1) is 13.8. The van der Waals surface area contributed by atoms with E-state index in [9.17, 15) is 13.2 Å². The Morgan fingerprint density at radius 3 is 2.24 bits per heavy atom. The highest BCUT2D eigenvalue weighted by molar-refractivity contribution is 7.93. The lowest BCUT2D eigenvalue weighted by molar-refractivity contribution is -0.120. The number of hydrogen-bond acceptors (Lipinski definition) is 4. The van der Waals surface area contributed by atoms with Gasteiger partial charge in [0.2, 0.25) is 5.91 Å². The quantitative estimate of drug-likeness (QED) is 0.569. The number of carbonyl (C=O) groups is 1. The van der Waals surface area contributed by atoms with Gasteiger partial charge in [0.15, 0.2) is 0 Å². The molecule has 1 amide bonds. The van der Waals surface area contributed by atoms with E-state index in [1.54, 1.807) is 48.8 Å². The van der Waals surface area contributed by atoms with Gasteiger partial charge in [-0.05, 0) is 41.5 Å². The van der Waals surface area contributed by atoms with Crippen molar-refractivity contribution in [3.63, 3.8) is 0 Å². The third kappa shape index (κ3) is 5.69. The van der Waals surface area contributed by atoms with Gasteiger partial charge in [0.1, 0.15) is 4.90 Å². The average Bonchev–Trinajstić information content (AvgIpc) is 2.68. The third-order valence-electron chi connectivity index (χ3n) is 3.97. The second kappa shape index (κ2) is 9.26. The average molecular weight is 450 g/mol. The lowest BCUT2D eigenvalue weighted by Gasteiger charge is -2.11. The molecular formula is C20H17Cl2N3O3S. The van der Waals surface area contributed by atoms with Crippen LogP contribution in [0, 0.1) is 0 Å². The van der Waals surface area contributed by atoms with Gasteiger partial charge in [-0.3, -0.25) is 14.5 Å². The third-order valence-corrected chi connectivity index (χ3v) is 6.31. The fourth-order valence-corrected chi connectivity index (χ4v) is 4.79. The Morgan fingerprint density at radius 2 is 1.62 bits per heavy atom. The number of aromatic nitrogens is 1. The van der Waals surface area contributed by atoms with Crippen LogP contribution in [0.3, 0.4) is 0 Å². The summed E-state index contributed by atoms with van der Waals surface area (Å²) < 4.78 is 27.6. The number of carbonyl (C=O) groups excluding carboxylic acids is 1. The number of halogens is 2. The highest BCUT2D eigenvalue weighted by atomic mass is 35.5. The summed E-state index contributed by atoms with van der Waals surface area (Å²) in [5.41, 5.74) is 1.98. The smallest absolute Gasteiger partial charge is 0.264 e. The van der Waals surface area contributed by atoms with E-state index in [1.807, 2.05) is 6.07 Å². The van der Waals surface area contributed by atoms with Crippen LogP contribution in [-0.4, -0.2) is 19.3 Å². The fraction of sp³-hybridized carbons (Fsp3) is 0.100. The standard InChI is InChI=1S/C20H17Cl2N3O3S/c21-17-4-1-5-18(22)20(17)29(27,28)25-16-8-6-14(7-9-16)11-19(26)24-13-15-3-2-10-23-12-15/h1-10,12,25H,11,13H2,(H,24,26). The van der Waals surface area contributed by atoms with Crippen LogP contribution in [0.5, 0.6) is 0 Å². The lowest BCUT2D eigenvalue weighted by Crippen LogP contribution is -2.24. The number of anilines is 1. The molecule has 0 saturated heterocycles. The van der Waals surface area contributed by atoms with E-state index in [0.29, 0.717) is 12.2 Å². The maximum Gasteiger partial charge on any atom is 0.264 e. The number of sulfonamides is 1. The highest BCUT2D eigenvalue weighted by Gasteiger charge is 2.21. The van der Waals surface area contributed by atoms with Crippen LogP contribution in [0.25, 0.3) is 0 Å². The predicted molar refractivity (Wildman–Crippen MR) is 114 cm³/mol. The molecule has 0 fully saturated rings. The van der Waals surface area contributed by atoms with Crippen LogP contribution in [0.2, 0.25) is 10.0 Å². The summed E-state index contributed by atoms with van der Waals surface area (Å²) in [6, 6.07) is 14.7. The van der Waals surface area contributed by atoms with Crippen molar-refractivity contribution in [3.05, 3.63) is 88.2 Å². The molecule has 0 spiro atoms. The monoisotopic (exact) mass is 449 g/mol. The molecule has 6 nitrogen and oxygen atoms in total. The van der Waals surface area contributed by atoms with Crippen molar-refractivity contribution in [2.75, 3.05) is 4.72 Å². The highest BCUT2D eigenvalue weighted by Crippen LogP contribution is 2.30. The topological polar surface area (TPSA) is 88.2 Å². The van der Waals surface area contributed by atoms with Gasteiger partial charge in [-0.1, -0.05) is 47.5 Å². The minimum Gasteiger partial charge on any atom is -0.352 e. The van der Waals surface area contributed by atoms with Gasteiger partial charge in [0.05, 0.1) is 16.5 Å². The predicted octanol–water partition coefficient (Wildman–Crippen LogP) is 4.05. The maximum atomic E-state index is 12.6. The number of amides is 1. The number of nitrogens with one attached hydrogen (secondary N) is 2. The molecule has 3 aromatic rings. The van der Waals surface area contributed by atoms with Crippen LogP contribution < -0.4 is 10.0 Å². The second-order valence-corrected chi connectivity index (χ2v) is 8.60. The molecule has 9 heteroatoms. The van der Waals surface area contributed by atoms with Crippen LogP contribution in [0.15, 0.2) is 71.9 Å². The zero-order valence-electron chi connectivity index (χ0n) is 15.1. The lowest BCUT2D eigenvalue weighted by atomic mass is 10.1. The maximum absolute atomic E-state index is 12.6. The fourth-order valence-electron chi connectivity index (χ4n) is 2.59. The zero-order valence-corrected chi connectivity index (χ0v) is 17.4. The molecule has 1 heterocycles. The molecule has 3 rings (SSSR count). The minimum absolute atomic E-state index is 0.0342. The summed E-state index contributed by atoms with van der Waals surface area (Å²) in [6.45, 7) is 0.392. The number of nitrogens with zero attached hydrogens (tertiary/aromatic N) is 1. The molecule has 1 aromatic heterocycles. The number of benzene rings is 2. The molecule has 2 aromatic carbocycles. The van der Waals surface area contributed by atoms with Gasteiger partial charge < -0.3 is 5.32 Å². The Labute approximate surface area is 178 Å². The second-order valence-electron chi connectivity index (χ2n) is 6.17. The normalized spacial score (nSPS) is 11.1. The van der Waals surface area contributed by atoms with Crippen molar-refractivity contribution in [1.82, 2.24) is 10.3 Å². The van der Waals surface area contributed by atoms with Crippen molar-refractivity contribution < 1.29 is 13.2 Å². The molecule has 2 N–H and O–H groups in total. The summed E-state index contributed by atoms with van der Waals surface area (Å²) in [7, 11) is -3.95. The van der Waals surface area contributed by atoms with Crippen molar-refractivity contribution in [1.29, 1.82) is 0 Å². The molecule has 0 radical (unpaired) electrons. The van der Waals surface area contributed by atoms with Crippen LogP contribution >= 0.6 is 23.2 Å². The van der Waals surface area contributed by atoms with Gasteiger partial charge in [-0.15, -0.1) is 0 Å². The van der Waals surface area contributed by atoms with E-state index < -0.39 is 10.0 Å². The number of pyridine rings is 1. The molecule has 0 aliphatic heterocycles. The largest absolute Gasteiger partial charge is 0.352 e. The summed E-state index contributed by atoms with van der Waals surface area (Å²) in [5.74, 6) is -0.148. The summed E-state index contributed by atoms with van der Waals surface area (Å²) >= 11 is 12.0. The van der Waals surface area contributed by atoms with Crippen LogP contribution in [0.4, 0.5) is 5.69 Å². The molecule has 0 atom stereocenters. The van der Waals surface area contributed by atoms with Crippen molar-refractivity contribution in [2.45, 2.75) is 17.9 Å².